The molecule has 1 saturated heterocycles. The van der Waals surface area contributed by atoms with Crippen molar-refractivity contribution in [1.82, 2.24) is 4.90 Å². The van der Waals surface area contributed by atoms with Gasteiger partial charge in [-0.25, -0.2) is 4.79 Å². The quantitative estimate of drug-likeness (QED) is 0.859. The largest absolute Gasteiger partial charge is 0.493 e. The van der Waals surface area contributed by atoms with E-state index in [0.29, 0.717) is 11.5 Å². The lowest BCUT2D eigenvalue weighted by Gasteiger charge is -2.35. The van der Waals surface area contributed by atoms with Gasteiger partial charge in [-0.05, 0) is 43.0 Å². The third kappa shape index (κ3) is 3.64. The zero-order chi connectivity index (χ0) is 16.4. The van der Waals surface area contributed by atoms with Crippen molar-refractivity contribution in [2.45, 2.75) is 31.3 Å². The first-order chi connectivity index (χ1) is 11.0. The monoisotopic (exact) mass is 319 g/mol. The van der Waals surface area contributed by atoms with E-state index in [4.69, 9.17) is 9.84 Å². The molecular weight excluding hydrogens is 298 g/mol. The number of likely N-dealkylation sites (tertiary alicyclic amines) is 1. The fraction of sp³-hybridized carbons (Fsp3) is 0.529. The average Bonchev–Trinajstić information content (AvgIpc) is 3.38. The van der Waals surface area contributed by atoms with E-state index in [2.05, 4.69) is 0 Å². The van der Waals surface area contributed by atoms with Crippen LogP contribution in [-0.2, 0) is 4.79 Å². The number of hydrogen-bond donors (Lipinski definition) is 2. The van der Waals surface area contributed by atoms with Crippen molar-refractivity contribution < 1.29 is 24.5 Å². The number of carboxylic acids is 1. The Morgan fingerprint density at radius 1 is 1.17 bits per heavy atom. The Hall–Kier alpha value is -2.08. The Bertz CT molecular complexity index is 586. The Morgan fingerprint density at radius 2 is 1.78 bits per heavy atom. The molecule has 1 aromatic rings. The minimum atomic E-state index is -1.71. The first-order valence-electron chi connectivity index (χ1n) is 7.96. The number of rotatable bonds is 5. The molecule has 1 aliphatic heterocycles. The molecule has 6 heteroatoms. The molecule has 0 atom stereocenters. The third-order valence-electron chi connectivity index (χ3n) is 4.56. The molecule has 1 amide bonds. The highest BCUT2D eigenvalue weighted by molar-refractivity contribution is 5.94. The smallest absolute Gasteiger partial charge is 0.335 e. The second-order valence-electron chi connectivity index (χ2n) is 6.41. The minimum absolute atomic E-state index is 0.0522. The van der Waals surface area contributed by atoms with Crippen LogP contribution in [0.5, 0.6) is 5.75 Å². The Morgan fingerprint density at radius 3 is 2.30 bits per heavy atom. The van der Waals surface area contributed by atoms with Gasteiger partial charge in [0.2, 0.25) is 0 Å². The second-order valence-corrected chi connectivity index (χ2v) is 6.41. The maximum Gasteiger partial charge on any atom is 0.335 e. The molecule has 0 unspecified atom stereocenters. The number of ether oxygens (including phenoxy) is 1. The van der Waals surface area contributed by atoms with Gasteiger partial charge < -0.3 is 19.8 Å². The van der Waals surface area contributed by atoms with Crippen molar-refractivity contribution in [1.29, 1.82) is 0 Å². The fourth-order valence-corrected chi connectivity index (χ4v) is 2.67. The molecule has 1 heterocycles. The van der Waals surface area contributed by atoms with Crippen LogP contribution in [0.15, 0.2) is 24.3 Å². The van der Waals surface area contributed by atoms with Crippen LogP contribution in [0.25, 0.3) is 0 Å². The molecule has 0 radical (unpaired) electrons. The number of aliphatic hydroxyl groups is 1. The van der Waals surface area contributed by atoms with E-state index < -0.39 is 11.6 Å². The molecule has 1 aliphatic carbocycles. The van der Waals surface area contributed by atoms with E-state index in [1.165, 1.54) is 12.8 Å². The van der Waals surface area contributed by atoms with E-state index in [-0.39, 0.29) is 31.8 Å². The van der Waals surface area contributed by atoms with E-state index in [1.807, 2.05) is 0 Å². The number of carboxylic acid groups (broad SMARTS) is 1. The van der Waals surface area contributed by atoms with Gasteiger partial charge in [-0.1, -0.05) is 0 Å². The van der Waals surface area contributed by atoms with Crippen LogP contribution in [0.2, 0.25) is 0 Å². The molecule has 2 fully saturated rings. The summed E-state index contributed by atoms with van der Waals surface area (Å²) < 4.78 is 5.64. The van der Waals surface area contributed by atoms with Crippen LogP contribution < -0.4 is 4.74 Å². The van der Waals surface area contributed by atoms with Crippen LogP contribution in [0.4, 0.5) is 0 Å². The average molecular weight is 319 g/mol. The van der Waals surface area contributed by atoms with Crippen LogP contribution >= 0.6 is 0 Å². The maximum absolute atomic E-state index is 12.4. The molecule has 124 valence electrons. The van der Waals surface area contributed by atoms with Gasteiger partial charge in [0.15, 0.2) is 5.60 Å². The lowest BCUT2D eigenvalue weighted by molar-refractivity contribution is -0.162. The Kier molecular flexibility index (Phi) is 4.26. The lowest BCUT2D eigenvalue weighted by Crippen LogP contribution is -2.50. The van der Waals surface area contributed by atoms with Crippen molar-refractivity contribution in [2.75, 3.05) is 19.7 Å². The van der Waals surface area contributed by atoms with Crippen molar-refractivity contribution in [3.63, 3.8) is 0 Å². The predicted molar refractivity (Wildman–Crippen MR) is 82.4 cm³/mol. The third-order valence-corrected chi connectivity index (χ3v) is 4.56. The van der Waals surface area contributed by atoms with E-state index >= 15 is 0 Å². The molecule has 6 nitrogen and oxygen atoms in total. The highest BCUT2D eigenvalue weighted by atomic mass is 16.5. The van der Waals surface area contributed by atoms with Crippen LogP contribution in [0.3, 0.4) is 0 Å². The lowest BCUT2D eigenvalue weighted by atomic mass is 9.91. The number of carbonyl (C=O) groups is 2. The predicted octanol–water partition coefficient (Wildman–Crippen LogP) is 1.53. The Labute approximate surface area is 134 Å². The van der Waals surface area contributed by atoms with Crippen molar-refractivity contribution in [2.24, 2.45) is 5.92 Å². The van der Waals surface area contributed by atoms with Gasteiger partial charge in [0.05, 0.1) is 6.61 Å². The normalized spacial score (nSPS) is 20.1. The summed E-state index contributed by atoms with van der Waals surface area (Å²) >= 11 is 0. The van der Waals surface area contributed by atoms with Gasteiger partial charge in [0.25, 0.3) is 5.91 Å². The number of piperidine rings is 1. The van der Waals surface area contributed by atoms with Gasteiger partial charge in [0, 0.05) is 31.5 Å². The summed E-state index contributed by atoms with van der Waals surface area (Å²) in [6.07, 6.45) is 2.57. The summed E-state index contributed by atoms with van der Waals surface area (Å²) in [4.78, 5) is 25.0. The van der Waals surface area contributed by atoms with Gasteiger partial charge in [0.1, 0.15) is 5.75 Å². The number of amides is 1. The number of hydrogen-bond acceptors (Lipinski definition) is 4. The number of carbonyl (C=O) groups excluding carboxylic acids is 1. The molecule has 0 aromatic heterocycles. The summed E-state index contributed by atoms with van der Waals surface area (Å²) in [6.45, 7) is 1.20. The summed E-state index contributed by atoms with van der Waals surface area (Å²) in [6, 6.07) is 7.02. The molecule has 0 bridgehead atoms. The maximum atomic E-state index is 12.4. The first kappa shape index (κ1) is 15.8. The summed E-state index contributed by atoms with van der Waals surface area (Å²) in [7, 11) is 0. The molecule has 1 aromatic carbocycles. The standard InChI is InChI=1S/C17H21NO5/c19-15(18-9-7-17(22,8-10-18)16(20)21)13-3-5-14(6-4-13)23-11-12-1-2-12/h3-6,12,22H,1-2,7-11H2,(H,20,21). The minimum Gasteiger partial charge on any atom is -0.493 e. The Balaban J connectivity index is 1.56. The summed E-state index contributed by atoms with van der Waals surface area (Å²) in [5, 5.41) is 18.9. The SMILES string of the molecule is O=C(c1ccc(OCC2CC2)cc1)N1CCC(O)(C(=O)O)CC1. The first-order valence-corrected chi connectivity index (χ1v) is 7.96. The molecular formula is C17H21NO5. The molecule has 2 aliphatic rings. The van der Waals surface area contributed by atoms with Gasteiger partial charge >= 0.3 is 5.97 Å². The van der Waals surface area contributed by atoms with Gasteiger partial charge in [-0.15, -0.1) is 0 Å². The zero-order valence-electron chi connectivity index (χ0n) is 12.9. The number of aliphatic carboxylic acids is 1. The van der Waals surface area contributed by atoms with Crippen molar-refractivity contribution in [3.8, 4) is 5.75 Å². The molecule has 1 saturated carbocycles. The highest BCUT2D eigenvalue weighted by Crippen LogP contribution is 2.29. The van der Waals surface area contributed by atoms with E-state index in [0.717, 1.165) is 12.4 Å². The van der Waals surface area contributed by atoms with Crippen LogP contribution in [-0.4, -0.2) is 52.3 Å². The highest BCUT2D eigenvalue weighted by Gasteiger charge is 2.40. The molecule has 3 rings (SSSR count). The van der Waals surface area contributed by atoms with E-state index in [9.17, 15) is 14.7 Å². The molecule has 23 heavy (non-hydrogen) atoms. The van der Waals surface area contributed by atoms with Crippen LogP contribution in [0.1, 0.15) is 36.0 Å². The second kappa shape index (κ2) is 6.20. The van der Waals surface area contributed by atoms with Gasteiger partial charge in [-0.2, -0.15) is 0 Å². The number of benzene rings is 1. The summed E-state index contributed by atoms with van der Waals surface area (Å²) in [5.41, 5.74) is -1.17. The zero-order valence-corrected chi connectivity index (χ0v) is 12.9. The summed E-state index contributed by atoms with van der Waals surface area (Å²) in [5.74, 6) is 0.0675. The number of nitrogens with zero attached hydrogens (tertiary/aromatic N) is 1. The van der Waals surface area contributed by atoms with Crippen LogP contribution in [0, 0.1) is 5.92 Å². The fourth-order valence-electron chi connectivity index (χ4n) is 2.67. The topological polar surface area (TPSA) is 87.1 Å². The van der Waals surface area contributed by atoms with Crippen molar-refractivity contribution in [3.05, 3.63) is 29.8 Å². The van der Waals surface area contributed by atoms with Crippen molar-refractivity contribution >= 4 is 11.9 Å². The van der Waals surface area contributed by atoms with E-state index in [1.54, 1.807) is 29.2 Å². The molecule has 2 N–H and O–H groups in total. The van der Waals surface area contributed by atoms with Gasteiger partial charge in [-0.3, -0.25) is 4.79 Å². The molecule has 0 spiro atoms.